The van der Waals surface area contributed by atoms with E-state index in [0.29, 0.717) is 0 Å². The summed E-state index contributed by atoms with van der Waals surface area (Å²) < 4.78 is 0. The molecule has 7 heteroatoms. The number of rotatable bonds is 4. The van der Waals surface area contributed by atoms with Crippen molar-refractivity contribution in [2.45, 2.75) is 51.5 Å². The molecule has 1 atom stereocenters. The SMILES string of the molecule is C[C@@H](NC(=O)c1cc([N+](=O)[O-])[nH]n1)C12CC3CC(CC(C3)C1)C2. The van der Waals surface area contributed by atoms with E-state index in [2.05, 4.69) is 22.4 Å². The number of nitro groups is 1. The zero-order chi connectivity index (χ0) is 16.2. The van der Waals surface area contributed by atoms with Crippen molar-refractivity contribution in [3.8, 4) is 0 Å². The highest BCUT2D eigenvalue weighted by molar-refractivity contribution is 5.92. The Morgan fingerprint density at radius 1 is 1.35 bits per heavy atom. The van der Waals surface area contributed by atoms with Crippen molar-refractivity contribution >= 4 is 11.7 Å². The molecule has 0 radical (unpaired) electrons. The Kier molecular flexibility index (Phi) is 3.21. The number of aromatic amines is 1. The largest absolute Gasteiger partial charge is 0.358 e. The van der Waals surface area contributed by atoms with E-state index in [9.17, 15) is 14.9 Å². The van der Waals surface area contributed by atoms with Gasteiger partial charge in [-0.25, -0.2) is 0 Å². The summed E-state index contributed by atoms with van der Waals surface area (Å²) in [6, 6.07) is 1.28. The lowest BCUT2D eigenvalue weighted by Crippen LogP contribution is -2.55. The summed E-state index contributed by atoms with van der Waals surface area (Å²) in [6.07, 6.45) is 7.73. The molecular formula is C16H22N4O3. The van der Waals surface area contributed by atoms with Crippen molar-refractivity contribution in [1.29, 1.82) is 0 Å². The molecule has 4 fully saturated rings. The highest BCUT2D eigenvalue weighted by Gasteiger charge is 2.53. The molecule has 0 unspecified atom stereocenters. The van der Waals surface area contributed by atoms with E-state index in [1.54, 1.807) is 0 Å². The van der Waals surface area contributed by atoms with Crippen molar-refractivity contribution in [1.82, 2.24) is 15.5 Å². The Bertz CT molecular complexity index is 618. The van der Waals surface area contributed by atoms with Crippen LogP contribution in [0.1, 0.15) is 55.9 Å². The van der Waals surface area contributed by atoms with Crippen LogP contribution < -0.4 is 5.32 Å². The number of hydrogen-bond donors (Lipinski definition) is 2. The standard InChI is InChI=1S/C16H22N4O3/c1-9(17-15(21)13-5-14(19-18-13)20(22)23)16-6-10-2-11(7-16)4-12(3-10)8-16/h5,9-12H,2-4,6-8H2,1H3,(H,17,21)(H,18,19)/t9-,10?,11?,12?,16?/m1/s1. The van der Waals surface area contributed by atoms with E-state index >= 15 is 0 Å². The topological polar surface area (TPSA) is 101 Å². The monoisotopic (exact) mass is 318 g/mol. The van der Waals surface area contributed by atoms with Crippen LogP contribution in [-0.4, -0.2) is 27.1 Å². The molecule has 4 aliphatic rings. The normalized spacial score (nSPS) is 36.0. The van der Waals surface area contributed by atoms with Crippen molar-refractivity contribution in [3.63, 3.8) is 0 Å². The molecule has 0 aliphatic heterocycles. The van der Waals surface area contributed by atoms with Crippen molar-refractivity contribution in [2.24, 2.45) is 23.2 Å². The Morgan fingerprint density at radius 2 is 1.91 bits per heavy atom. The second-order valence-corrected chi connectivity index (χ2v) is 7.87. The van der Waals surface area contributed by atoms with Crippen LogP contribution in [0.15, 0.2) is 6.07 Å². The number of aromatic nitrogens is 2. The zero-order valence-electron chi connectivity index (χ0n) is 13.2. The first kappa shape index (κ1) is 14.7. The van der Waals surface area contributed by atoms with Gasteiger partial charge in [0.15, 0.2) is 5.69 Å². The first-order chi connectivity index (χ1) is 10.9. The third-order valence-electron chi connectivity index (χ3n) is 6.35. The molecule has 4 saturated carbocycles. The molecule has 124 valence electrons. The fraction of sp³-hybridized carbons (Fsp3) is 0.750. The maximum absolute atomic E-state index is 12.4. The van der Waals surface area contributed by atoms with Gasteiger partial charge in [-0.1, -0.05) is 5.10 Å². The number of nitrogens with one attached hydrogen (secondary N) is 2. The quantitative estimate of drug-likeness (QED) is 0.658. The smallest absolute Gasteiger partial charge is 0.343 e. The predicted molar refractivity (Wildman–Crippen MR) is 82.8 cm³/mol. The molecule has 5 rings (SSSR count). The summed E-state index contributed by atoms with van der Waals surface area (Å²) in [4.78, 5) is 22.5. The first-order valence-corrected chi connectivity index (χ1v) is 8.46. The summed E-state index contributed by atoms with van der Waals surface area (Å²) in [7, 11) is 0. The first-order valence-electron chi connectivity index (χ1n) is 8.46. The van der Waals surface area contributed by atoms with Gasteiger partial charge in [0.05, 0.1) is 6.07 Å². The number of amides is 1. The van der Waals surface area contributed by atoms with E-state index < -0.39 is 4.92 Å². The lowest BCUT2D eigenvalue weighted by Gasteiger charge is -2.59. The molecule has 23 heavy (non-hydrogen) atoms. The van der Waals surface area contributed by atoms with Gasteiger partial charge >= 0.3 is 5.82 Å². The molecule has 1 heterocycles. The molecule has 1 aromatic rings. The van der Waals surface area contributed by atoms with Gasteiger partial charge in [0.1, 0.15) is 0 Å². The summed E-state index contributed by atoms with van der Waals surface area (Å²) >= 11 is 0. The van der Waals surface area contributed by atoms with E-state index in [1.165, 1.54) is 44.6 Å². The lowest BCUT2D eigenvalue weighted by atomic mass is 9.48. The van der Waals surface area contributed by atoms with Crippen LogP contribution in [0.3, 0.4) is 0 Å². The number of nitrogens with zero attached hydrogens (tertiary/aromatic N) is 2. The number of hydrogen-bond acceptors (Lipinski definition) is 4. The van der Waals surface area contributed by atoms with Crippen LogP contribution in [0.4, 0.5) is 5.82 Å². The van der Waals surface area contributed by atoms with Gasteiger partial charge in [0.2, 0.25) is 0 Å². The van der Waals surface area contributed by atoms with Gasteiger partial charge in [0, 0.05) is 6.04 Å². The zero-order valence-corrected chi connectivity index (χ0v) is 13.2. The van der Waals surface area contributed by atoms with Gasteiger partial charge in [-0.2, -0.15) is 0 Å². The molecule has 1 amide bonds. The highest BCUT2D eigenvalue weighted by Crippen LogP contribution is 2.61. The second kappa shape index (κ2) is 5.04. The summed E-state index contributed by atoms with van der Waals surface area (Å²) in [5, 5.41) is 19.8. The highest BCUT2D eigenvalue weighted by atomic mass is 16.6. The fourth-order valence-corrected chi connectivity index (χ4v) is 5.65. The van der Waals surface area contributed by atoms with Crippen molar-refractivity contribution < 1.29 is 9.72 Å². The molecule has 4 aliphatic carbocycles. The van der Waals surface area contributed by atoms with E-state index in [0.717, 1.165) is 17.8 Å². The molecule has 7 nitrogen and oxygen atoms in total. The minimum atomic E-state index is -0.577. The van der Waals surface area contributed by atoms with Crippen LogP contribution in [0.25, 0.3) is 0 Å². The summed E-state index contributed by atoms with van der Waals surface area (Å²) in [5.74, 6) is 1.90. The van der Waals surface area contributed by atoms with Crippen LogP contribution in [-0.2, 0) is 0 Å². The third kappa shape index (κ3) is 2.42. The summed E-state index contributed by atoms with van der Waals surface area (Å²) in [5.41, 5.74) is 0.306. The van der Waals surface area contributed by atoms with Crippen LogP contribution in [0.5, 0.6) is 0 Å². The van der Waals surface area contributed by atoms with Crippen molar-refractivity contribution in [2.75, 3.05) is 0 Å². The Morgan fingerprint density at radius 3 is 2.39 bits per heavy atom. The Hall–Kier alpha value is -1.92. The van der Waals surface area contributed by atoms with Gasteiger partial charge in [-0.05, 0) is 73.5 Å². The van der Waals surface area contributed by atoms with Gasteiger partial charge in [-0.3, -0.25) is 4.79 Å². The predicted octanol–water partition coefficient (Wildman–Crippen LogP) is 2.65. The average Bonchev–Trinajstić information content (AvgIpc) is 2.95. The average molecular weight is 318 g/mol. The van der Waals surface area contributed by atoms with Crippen LogP contribution >= 0.6 is 0 Å². The Balaban J connectivity index is 1.48. The molecule has 2 N–H and O–H groups in total. The molecule has 1 aromatic heterocycles. The van der Waals surface area contributed by atoms with E-state index in [4.69, 9.17) is 0 Å². The van der Waals surface area contributed by atoms with Gasteiger partial charge < -0.3 is 15.4 Å². The number of carbonyl (C=O) groups excluding carboxylic acids is 1. The lowest BCUT2D eigenvalue weighted by molar-refractivity contribution is -0.389. The Labute approximate surface area is 134 Å². The molecule has 0 saturated heterocycles. The van der Waals surface area contributed by atoms with Gasteiger partial charge in [-0.15, -0.1) is 5.10 Å². The fourth-order valence-electron chi connectivity index (χ4n) is 5.65. The maximum Gasteiger partial charge on any atom is 0.343 e. The molecule has 0 aromatic carbocycles. The maximum atomic E-state index is 12.4. The van der Waals surface area contributed by atoms with Crippen molar-refractivity contribution in [3.05, 3.63) is 21.9 Å². The molecular weight excluding hydrogens is 296 g/mol. The summed E-state index contributed by atoms with van der Waals surface area (Å²) in [6.45, 7) is 2.09. The van der Waals surface area contributed by atoms with E-state index in [1.807, 2.05) is 0 Å². The van der Waals surface area contributed by atoms with Crippen LogP contribution in [0.2, 0.25) is 0 Å². The molecule has 0 spiro atoms. The second-order valence-electron chi connectivity index (χ2n) is 7.87. The number of H-pyrrole nitrogens is 1. The number of carbonyl (C=O) groups is 1. The minimum absolute atomic E-state index is 0.0826. The third-order valence-corrected chi connectivity index (χ3v) is 6.35. The van der Waals surface area contributed by atoms with E-state index in [-0.39, 0.29) is 28.9 Å². The minimum Gasteiger partial charge on any atom is -0.358 e. The van der Waals surface area contributed by atoms with Crippen LogP contribution in [0, 0.1) is 33.3 Å². The molecule has 4 bridgehead atoms. The van der Waals surface area contributed by atoms with Gasteiger partial charge in [0.25, 0.3) is 5.91 Å².